The molecule has 1 aliphatic rings. The maximum atomic E-state index is 12.6. The minimum Gasteiger partial charge on any atom is -0.494 e. The van der Waals surface area contributed by atoms with Gasteiger partial charge >= 0.3 is 12.1 Å². The second-order valence-electron chi connectivity index (χ2n) is 9.21. The minimum absolute atomic E-state index is 0.0864. The van der Waals surface area contributed by atoms with Crippen LogP contribution in [0.15, 0.2) is 72.8 Å². The fraction of sp³-hybridized carbons (Fsp3) is 0.310. The van der Waals surface area contributed by atoms with Crippen molar-refractivity contribution >= 4 is 12.1 Å². The first-order chi connectivity index (χ1) is 17.4. The number of ether oxygens (including phenoxy) is 2. The Morgan fingerprint density at radius 3 is 2.14 bits per heavy atom. The van der Waals surface area contributed by atoms with Crippen molar-refractivity contribution in [2.24, 2.45) is 0 Å². The molecule has 3 aromatic carbocycles. The highest BCUT2D eigenvalue weighted by molar-refractivity contribution is 5.81. The largest absolute Gasteiger partial charge is 0.494 e. The molecular weight excluding hydrogens is 456 g/mol. The van der Waals surface area contributed by atoms with Crippen molar-refractivity contribution in [3.63, 3.8) is 0 Å². The third-order valence-corrected chi connectivity index (χ3v) is 6.32. The van der Waals surface area contributed by atoms with Crippen molar-refractivity contribution in [3.8, 4) is 16.9 Å². The molecule has 0 aromatic heterocycles. The number of carboxylic acids is 1. The molecule has 0 aliphatic heterocycles. The molecule has 0 heterocycles. The first-order valence-corrected chi connectivity index (χ1v) is 12.1. The van der Waals surface area contributed by atoms with E-state index in [1.54, 1.807) is 0 Å². The second kappa shape index (κ2) is 11.7. The number of aliphatic carboxylic acids is 1. The van der Waals surface area contributed by atoms with E-state index in [-0.39, 0.29) is 18.9 Å². The lowest BCUT2D eigenvalue weighted by Crippen LogP contribution is -2.42. The summed E-state index contributed by atoms with van der Waals surface area (Å²) in [5.74, 6) is -0.474. The zero-order valence-corrected chi connectivity index (χ0v) is 20.6. The molecule has 0 spiro atoms. The van der Waals surface area contributed by atoms with Gasteiger partial charge in [0.15, 0.2) is 0 Å². The van der Waals surface area contributed by atoms with Gasteiger partial charge in [-0.2, -0.15) is 0 Å². The molecule has 188 valence electrons. The van der Waals surface area contributed by atoms with Gasteiger partial charge in [0.25, 0.3) is 0 Å². The Morgan fingerprint density at radius 2 is 1.56 bits per heavy atom. The van der Waals surface area contributed by atoms with Crippen molar-refractivity contribution in [2.45, 2.75) is 24.8 Å². The number of benzene rings is 3. The van der Waals surface area contributed by atoms with Crippen LogP contribution in [0.5, 0.6) is 5.75 Å². The second-order valence-corrected chi connectivity index (χ2v) is 9.21. The summed E-state index contributed by atoms with van der Waals surface area (Å²) < 4.78 is 11.2. The fourth-order valence-electron chi connectivity index (χ4n) is 4.51. The quantitative estimate of drug-likeness (QED) is 0.385. The van der Waals surface area contributed by atoms with Gasteiger partial charge in [-0.15, -0.1) is 0 Å². The van der Waals surface area contributed by atoms with Gasteiger partial charge in [0.05, 0.1) is 6.61 Å². The van der Waals surface area contributed by atoms with Crippen LogP contribution >= 0.6 is 0 Å². The average Bonchev–Trinajstić information content (AvgIpc) is 3.19. The number of carboxylic acid groups (broad SMARTS) is 1. The number of hydrogen-bond donors (Lipinski definition) is 2. The Morgan fingerprint density at radius 1 is 0.944 bits per heavy atom. The fourth-order valence-corrected chi connectivity index (χ4v) is 4.51. The summed E-state index contributed by atoms with van der Waals surface area (Å²) in [5, 5.41) is 12.2. The van der Waals surface area contributed by atoms with E-state index in [4.69, 9.17) is 9.47 Å². The molecule has 7 heteroatoms. The first kappa shape index (κ1) is 25.3. The number of alkyl carbamates (subject to hydrolysis) is 1. The van der Waals surface area contributed by atoms with Gasteiger partial charge in [-0.25, -0.2) is 9.59 Å². The van der Waals surface area contributed by atoms with E-state index in [0.717, 1.165) is 46.5 Å². The molecule has 36 heavy (non-hydrogen) atoms. The van der Waals surface area contributed by atoms with Crippen LogP contribution in [0.3, 0.4) is 0 Å². The molecule has 2 N–H and O–H groups in total. The van der Waals surface area contributed by atoms with Crippen LogP contribution < -0.4 is 10.1 Å². The maximum Gasteiger partial charge on any atom is 0.407 e. The molecule has 3 aromatic rings. The van der Waals surface area contributed by atoms with Gasteiger partial charge in [0, 0.05) is 18.9 Å². The highest BCUT2D eigenvalue weighted by Crippen LogP contribution is 2.44. The first-order valence-electron chi connectivity index (χ1n) is 12.1. The Kier molecular flexibility index (Phi) is 8.23. The third kappa shape index (κ3) is 6.23. The number of nitrogens with one attached hydrogen (secondary N) is 1. The van der Waals surface area contributed by atoms with Crippen molar-refractivity contribution in [1.82, 2.24) is 10.2 Å². The van der Waals surface area contributed by atoms with Crippen LogP contribution in [0.4, 0.5) is 4.79 Å². The van der Waals surface area contributed by atoms with Crippen molar-refractivity contribution in [3.05, 3.63) is 89.5 Å². The van der Waals surface area contributed by atoms with E-state index in [1.807, 2.05) is 74.8 Å². The lowest BCUT2D eigenvalue weighted by atomic mass is 9.98. The molecule has 1 atom stereocenters. The average molecular weight is 489 g/mol. The van der Waals surface area contributed by atoms with Crippen LogP contribution in [0.25, 0.3) is 11.1 Å². The Bertz CT molecular complexity index is 1150. The zero-order valence-electron chi connectivity index (χ0n) is 20.6. The molecule has 4 rings (SSSR count). The standard InChI is InChI=1S/C29H32N2O5/c1-31(2)16-7-17-35-21-14-12-20(13-15-21)18-27(28(32)33)30-29(34)36-19-26-24-10-5-3-8-22(24)23-9-4-6-11-25(23)26/h3-6,8-15,26-27H,7,16-19H2,1-2H3,(H,30,34)(H,32,33). The predicted molar refractivity (Wildman–Crippen MR) is 138 cm³/mol. The lowest BCUT2D eigenvalue weighted by Gasteiger charge is -2.18. The third-order valence-electron chi connectivity index (χ3n) is 6.32. The Labute approximate surface area is 211 Å². The van der Waals surface area contributed by atoms with E-state index < -0.39 is 18.1 Å². The monoisotopic (exact) mass is 488 g/mol. The van der Waals surface area contributed by atoms with Gasteiger partial charge in [-0.1, -0.05) is 60.7 Å². The molecule has 1 aliphatic carbocycles. The van der Waals surface area contributed by atoms with Crippen LogP contribution in [0.1, 0.15) is 29.0 Å². The molecule has 0 saturated carbocycles. The summed E-state index contributed by atoms with van der Waals surface area (Å²) in [6, 6.07) is 22.3. The Balaban J connectivity index is 1.31. The van der Waals surface area contributed by atoms with Crippen molar-refractivity contribution in [1.29, 1.82) is 0 Å². The molecule has 1 amide bonds. The van der Waals surface area contributed by atoms with Crippen LogP contribution in [0, 0.1) is 0 Å². The normalized spacial score (nSPS) is 13.1. The minimum atomic E-state index is -1.12. The number of hydrogen-bond acceptors (Lipinski definition) is 5. The number of carbonyl (C=O) groups excluding carboxylic acids is 1. The highest BCUT2D eigenvalue weighted by Gasteiger charge is 2.29. The number of nitrogens with zero attached hydrogens (tertiary/aromatic N) is 1. The zero-order chi connectivity index (χ0) is 25.5. The summed E-state index contributed by atoms with van der Waals surface area (Å²) >= 11 is 0. The molecular formula is C29H32N2O5. The molecule has 0 radical (unpaired) electrons. The van der Waals surface area contributed by atoms with Crippen molar-refractivity contribution < 1.29 is 24.2 Å². The summed E-state index contributed by atoms with van der Waals surface area (Å²) in [6.07, 6.45) is 0.311. The molecule has 0 fully saturated rings. The van der Waals surface area contributed by atoms with Crippen molar-refractivity contribution in [2.75, 3.05) is 33.9 Å². The highest BCUT2D eigenvalue weighted by atomic mass is 16.5. The van der Waals surface area contributed by atoms with E-state index in [2.05, 4.69) is 22.3 Å². The molecule has 7 nitrogen and oxygen atoms in total. The number of carbonyl (C=O) groups is 2. The maximum absolute atomic E-state index is 12.6. The SMILES string of the molecule is CN(C)CCCOc1ccc(CC(NC(=O)OCC2c3ccccc3-c3ccccc32)C(=O)O)cc1. The topological polar surface area (TPSA) is 88.1 Å². The van der Waals surface area contributed by atoms with E-state index in [1.165, 1.54) is 0 Å². The molecule has 1 unspecified atom stereocenters. The van der Waals surface area contributed by atoms with E-state index in [9.17, 15) is 14.7 Å². The summed E-state index contributed by atoms with van der Waals surface area (Å²) in [4.78, 5) is 26.5. The van der Waals surface area contributed by atoms with Gasteiger partial charge in [-0.05, 0) is 60.5 Å². The van der Waals surface area contributed by atoms with Gasteiger partial charge in [0.1, 0.15) is 18.4 Å². The van der Waals surface area contributed by atoms with Gasteiger partial charge in [-0.3, -0.25) is 0 Å². The lowest BCUT2D eigenvalue weighted by molar-refractivity contribution is -0.139. The van der Waals surface area contributed by atoms with E-state index >= 15 is 0 Å². The van der Waals surface area contributed by atoms with E-state index in [0.29, 0.717) is 6.61 Å². The number of amides is 1. The molecule has 0 bridgehead atoms. The number of rotatable bonds is 11. The number of fused-ring (bicyclic) bond motifs is 3. The van der Waals surface area contributed by atoms with Gasteiger partial charge in [0.2, 0.25) is 0 Å². The van der Waals surface area contributed by atoms with Crippen LogP contribution in [0.2, 0.25) is 0 Å². The summed E-state index contributed by atoms with van der Waals surface area (Å²) in [7, 11) is 4.04. The molecule has 0 saturated heterocycles. The summed E-state index contributed by atoms with van der Waals surface area (Å²) in [5.41, 5.74) is 5.25. The predicted octanol–water partition coefficient (Wildman–Crippen LogP) is 4.55. The van der Waals surface area contributed by atoms with Gasteiger partial charge < -0.3 is 24.8 Å². The van der Waals surface area contributed by atoms with Crippen LogP contribution in [-0.4, -0.2) is 62.0 Å². The van der Waals surface area contributed by atoms with Crippen LogP contribution in [-0.2, 0) is 16.0 Å². The Hall–Kier alpha value is -3.84. The smallest absolute Gasteiger partial charge is 0.407 e. The summed E-state index contributed by atoms with van der Waals surface area (Å²) in [6.45, 7) is 1.69.